The second-order valence-corrected chi connectivity index (χ2v) is 9.11. The molecule has 164 valence electrons. The van der Waals surface area contributed by atoms with Crippen LogP contribution in [0.3, 0.4) is 0 Å². The fraction of sp³-hybridized carbons (Fsp3) is 0.269. The Morgan fingerprint density at radius 1 is 1.03 bits per heavy atom. The lowest BCUT2D eigenvalue weighted by molar-refractivity contribution is 0.1000. The highest BCUT2D eigenvalue weighted by Gasteiger charge is 2.34. The molecule has 0 saturated carbocycles. The lowest BCUT2D eigenvalue weighted by Gasteiger charge is -2.34. The number of fused-ring (bicyclic) bond motifs is 3. The quantitative estimate of drug-likeness (QED) is 0.429. The Balaban J connectivity index is 1.93. The molecule has 0 aromatic heterocycles. The van der Waals surface area contributed by atoms with Gasteiger partial charge in [0.15, 0.2) is 0 Å². The predicted octanol–water partition coefficient (Wildman–Crippen LogP) is 5.30. The number of carbonyl (C=O) groups excluding carboxylic acids is 1. The lowest BCUT2D eigenvalue weighted by atomic mass is 9.83. The van der Waals surface area contributed by atoms with E-state index in [1.807, 2.05) is 12.1 Å². The molecule has 5 rings (SSSR count). The van der Waals surface area contributed by atoms with Crippen LogP contribution in [0.4, 0.5) is 5.69 Å². The number of hydrogen-bond donors (Lipinski definition) is 2. The van der Waals surface area contributed by atoms with Crippen molar-refractivity contribution in [1.29, 1.82) is 0 Å². The van der Waals surface area contributed by atoms with Crippen molar-refractivity contribution in [2.24, 2.45) is 5.73 Å². The monoisotopic (exact) mass is 465 g/mol. The van der Waals surface area contributed by atoms with Crippen LogP contribution >= 0.6 is 23.2 Å². The van der Waals surface area contributed by atoms with Gasteiger partial charge in [-0.25, -0.2) is 0 Å². The second-order valence-electron chi connectivity index (χ2n) is 8.32. The Labute approximate surface area is 198 Å². The maximum Gasteiger partial charge on any atom is 0.251 e. The van der Waals surface area contributed by atoms with Crippen LogP contribution in [0.5, 0.6) is 0 Å². The van der Waals surface area contributed by atoms with Crippen LogP contribution in [0.2, 0.25) is 10.0 Å². The third kappa shape index (κ3) is 3.29. The number of primary amides is 1. The van der Waals surface area contributed by atoms with Gasteiger partial charge in [-0.15, -0.1) is 0 Å². The Morgan fingerprint density at radius 2 is 1.75 bits per heavy atom. The van der Waals surface area contributed by atoms with Crippen LogP contribution in [0.15, 0.2) is 42.5 Å². The van der Waals surface area contributed by atoms with E-state index in [1.54, 1.807) is 6.07 Å². The van der Waals surface area contributed by atoms with Crippen molar-refractivity contribution in [1.82, 2.24) is 5.32 Å². The number of amides is 1. The first-order chi connectivity index (χ1) is 15.5. The zero-order valence-corrected chi connectivity index (χ0v) is 19.5. The van der Waals surface area contributed by atoms with Crippen molar-refractivity contribution in [2.45, 2.75) is 19.8 Å². The number of carbonyl (C=O) groups is 1. The molecule has 1 aliphatic carbocycles. The van der Waals surface area contributed by atoms with Crippen LogP contribution in [-0.4, -0.2) is 32.1 Å². The predicted molar refractivity (Wildman–Crippen MR) is 133 cm³/mol. The molecule has 0 unspecified atom stereocenters. The number of nitrogens with one attached hydrogen (secondary N) is 1. The van der Waals surface area contributed by atoms with Crippen molar-refractivity contribution in [3.8, 4) is 22.3 Å². The standard InChI is InChI=1S/C26H25Cl2N3O/c1-2-16-21(18-8-5-9-20(27)24(18)28)22-17-7-4-3-6-15(17)14-19(22)25(23(16)26(29)32)31-12-10-30-11-13-31/h3-9,30H,2,10-14H2,1H3,(H2,29,32). The summed E-state index contributed by atoms with van der Waals surface area (Å²) in [5, 5.41) is 4.41. The van der Waals surface area contributed by atoms with Gasteiger partial charge in [-0.1, -0.05) is 66.5 Å². The molecular weight excluding hydrogens is 441 g/mol. The van der Waals surface area contributed by atoms with E-state index >= 15 is 0 Å². The van der Waals surface area contributed by atoms with Crippen molar-refractivity contribution >= 4 is 34.8 Å². The molecule has 3 aromatic rings. The second kappa shape index (κ2) is 8.43. The minimum atomic E-state index is -0.395. The Hall–Kier alpha value is -2.53. The summed E-state index contributed by atoms with van der Waals surface area (Å²) in [6.07, 6.45) is 1.42. The van der Waals surface area contributed by atoms with E-state index in [2.05, 4.69) is 41.4 Å². The minimum absolute atomic E-state index is 0.395. The van der Waals surface area contributed by atoms with Gasteiger partial charge >= 0.3 is 0 Å². The molecular formula is C26H25Cl2N3O. The molecule has 1 amide bonds. The molecule has 0 atom stereocenters. The van der Waals surface area contributed by atoms with Crippen molar-refractivity contribution in [3.63, 3.8) is 0 Å². The molecule has 32 heavy (non-hydrogen) atoms. The van der Waals surface area contributed by atoms with Crippen LogP contribution in [0.1, 0.15) is 34.0 Å². The van der Waals surface area contributed by atoms with E-state index in [9.17, 15) is 4.79 Å². The number of nitrogens with zero attached hydrogens (tertiary/aromatic N) is 1. The minimum Gasteiger partial charge on any atom is -0.368 e. The highest BCUT2D eigenvalue weighted by Crippen LogP contribution is 2.52. The van der Waals surface area contributed by atoms with E-state index < -0.39 is 5.91 Å². The van der Waals surface area contributed by atoms with Gasteiger partial charge in [-0.3, -0.25) is 4.79 Å². The Bertz CT molecular complexity index is 1230. The van der Waals surface area contributed by atoms with E-state index in [-0.39, 0.29) is 0 Å². The molecule has 0 bridgehead atoms. The smallest absolute Gasteiger partial charge is 0.251 e. The van der Waals surface area contributed by atoms with Gasteiger partial charge in [0, 0.05) is 38.2 Å². The zero-order valence-electron chi connectivity index (χ0n) is 18.0. The van der Waals surface area contributed by atoms with Crippen molar-refractivity contribution in [3.05, 3.63) is 74.8 Å². The number of piperazine rings is 1. The SMILES string of the molecule is CCc1c(C(N)=O)c(N2CCNCC2)c2c(c1-c1cccc(Cl)c1Cl)-c1ccccc1C2. The first-order valence-corrected chi connectivity index (χ1v) is 11.8. The van der Waals surface area contributed by atoms with E-state index in [4.69, 9.17) is 28.9 Å². The average molecular weight is 466 g/mol. The first-order valence-electron chi connectivity index (χ1n) is 11.0. The van der Waals surface area contributed by atoms with E-state index in [0.717, 1.165) is 66.1 Å². The molecule has 1 fully saturated rings. The molecule has 3 aromatic carbocycles. The third-order valence-electron chi connectivity index (χ3n) is 6.59. The van der Waals surface area contributed by atoms with Crippen LogP contribution in [0.25, 0.3) is 22.3 Å². The van der Waals surface area contributed by atoms with Crippen molar-refractivity contribution in [2.75, 3.05) is 31.1 Å². The fourth-order valence-electron chi connectivity index (χ4n) is 5.27. The summed E-state index contributed by atoms with van der Waals surface area (Å²) in [6.45, 7) is 5.50. The highest BCUT2D eigenvalue weighted by molar-refractivity contribution is 6.44. The number of rotatable bonds is 4. The molecule has 0 radical (unpaired) electrons. The summed E-state index contributed by atoms with van der Waals surface area (Å²) in [5.41, 5.74) is 15.2. The Kier molecular flexibility index (Phi) is 5.62. The summed E-state index contributed by atoms with van der Waals surface area (Å²) < 4.78 is 0. The molecule has 1 aliphatic heterocycles. The first kappa shape index (κ1) is 21.3. The van der Waals surface area contributed by atoms with Crippen LogP contribution in [0, 0.1) is 0 Å². The summed E-state index contributed by atoms with van der Waals surface area (Å²) in [6, 6.07) is 14.1. The molecule has 1 heterocycles. The van der Waals surface area contributed by atoms with E-state index in [1.165, 1.54) is 11.1 Å². The maximum absolute atomic E-state index is 13.0. The maximum atomic E-state index is 13.0. The largest absolute Gasteiger partial charge is 0.368 e. The van der Waals surface area contributed by atoms with Gasteiger partial charge in [0.1, 0.15) is 0 Å². The lowest BCUT2D eigenvalue weighted by Crippen LogP contribution is -2.44. The number of anilines is 1. The average Bonchev–Trinajstić information content (AvgIpc) is 3.19. The molecule has 0 spiro atoms. The third-order valence-corrected chi connectivity index (χ3v) is 7.40. The van der Waals surface area contributed by atoms with Crippen LogP contribution < -0.4 is 16.0 Å². The summed E-state index contributed by atoms with van der Waals surface area (Å²) >= 11 is 13.2. The normalized spacial score (nSPS) is 14.9. The van der Waals surface area contributed by atoms with Crippen molar-refractivity contribution < 1.29 is 4.79 Å². The number of halogens is 2. The molecule has 1 saturated heterocycles. The van der Waals surface area contributed by atoms with Gasteiger partial charge < -0.3 is 16.0 Å². The number of benzene rings is 3. The Morgan fingerprint density at radius 3 is 2.47 bits per heavy atom. The van der Waals surface area contributed by atoms with Gasteiger partial charge in [0.25, 0.3) is 5.91 Å². The fourth-order valence-corrected chi connectivity index (χ4v) is 5.66. The number of hydrogen-bond acceptors (Lipinski definition) is 3. The molecule has 3 N–H and O–H groups in total. The van der Waals surface area contributed by atoms with Gasteiger partial charge in [0.2, 0.25) is 0 Å². The zero-order chi connectivity index (χ0) is 22.4. The van der Waals surface area contributed by atoms with Crippen LogP contribution in [-0.2, 0) is 12.8 Å². The topological polar surface area (TPSA) is 58.4 Å². The van der Waals surface area contributed by atoms with E-state index in [0.29, 0.717) is 22.0 Å². The van der Waals surface area contributed by atoms with Gasteiger partial charge in [-0.05, 0) is 45.9 Å². The molecule has 6 heteroatoms. The van der Waals surface area contributed by atoms with Gasteiger partial charge in [0.05, 0.1) is 21.3 Å². The molecule has 4 nitrogen and oxygen atoms in total. The van der Waals surface area contributed by atoms with Gasteiger partial charge in [-0.2, -0.15) is 0 Å². The highest BCUT2D eigenvalue weighted by atomic mass is 35.5. The summed E-state index contributed by atoms with van der Waals surface area (Å²) in [4.78, 5) is 15.3. The molecule has 2 aliphatic rings. The summed E-state index contributed by atoms with van der Waals surface area (Å²) in [5.74, 6) is -0.395. The number of nitrogens with two attached hydrogens (primary N) is 1. The summed E-state index contributed by atoms with van der Waals surface area (Å²) in [7, 11) is 0.